The molecule has 0 saturated heterocycles. The number of para-hydroxylation sites is 2. The Morgan fingerprint density at radius 3 is 2.45 bits per heavy atom. The van der Waals surface area contributed by atoms with Crippen molar-refractivity contribution in [2.45, 2.75) is 13.8 Å². The van der Waals surface area contributed by atoms with Crippen molar-refractivity contribution in [1.82, 2.24) is 4.98 Å². The summed E-state index contributed by atoms with van der Waals surface area (Å²) in [5.41, 5.74) is 3.61. The van der Waals surface area contributed by atoms with Crippen LogP contribution in [0.25, 0.3) is 10.2 Å². The maximum atomic E-state index is 13.9. The first-order valence-corrected chi connectivity index (χ1v) is 9.97. The summed E-state index contributed by atoms with van der Waals surface area (Å²) in [5, 5.41) is 0.554. The molecule has 0 N–H and O–H groups in total. The molecular weight excluding hydrogens is 387 g/mol. The Morgan fingerprint density at radius 1 is 1.03 bits per heavy atom. The van der Waals surface area contributed by atoms with Gasteiger partial charge in [-0.1, -0.05) is 41.7 Å². The number of hydrogen-bond donors (Lipinski definition) is 0. The van der Waals surface area contributed by atoms with E-state index in [1.165, 1.54) is 23.5 Å². The molecule has 0 bridgehead atoms. The molecule has 4 rings (SSSR count). The highest BCUT2D eigenvalue weighted by Gasteiger charge is 2.23. The number of fused-ring (bicyclic) bond motifs is 1. The number of rotatable bonds is 5. The van der Waals surface area contributed by atoms with Crippen LogP contribution in [-0.4, -0.2) is 17.5 Å². The minimum Gasteiger partial charge on any atom is -0.481 e. The van der Waals surface area contributed by atoms with Gasteiger partial charge in [0.1, 0.15) is 0 Å². The molecule has 1 aromatic heterocycles. The molecule has 6 heteroatoms. The molecular formula is C23H19FN2O2S. The second-order valence-electron chi connectivity index (χ2n) is 6.76. The highest BCUT2D eigenvalue weighted by Crippen LogP contribution is 2.34. The largest absolute Gasteiger partial charge is 0.481 e. The lowest BCUT2D eigenvalue weighted by molar-refractivity contribution is -0.119. The monoisotopic (exact) mass is 406 g/mol. The molecule has 3 aromatic carbocycles. The first-order chi connectivity index (χ1) is 14.0. The van der Waals surface area contributed by atoms with Crippen LogP contribution < -0.4 is 9.64 Å². The summed E-state index contributed by atoms with van der Waals surface area (Å²) < 4.78 is 20.3. The first kappa shape index (κ1) is 19.1. The summed E-state index contributed by atoms with van der Waals surface area (Å²) in [5.74, 6) is -0.777. The third-order valence-corrected chi connectivity index (χ3v) is 5.40. The third kappa shape index (κ3) is 4.12. The Bertz CT molecular complexity index is 1140. The van der Waals surface area contributed by atoms with Gasteiger partial charge in [-0.25, -0.2) is 9.37 Å². The zero-order chi connectivity index (χ0) is 20.4. The molecule has 1 heterocycles. The fourth-order valence-corrected chi connectivity index (χ4v) is 4.17. The number of aryl methyl sites for hydroxylation is 2. The van der Waals surface area contributed by atoms with Gasteiger partial charge in [0, 0.05) is 0 Å². The summed E-state index contributed by atoms with van der Waals surface area (Å²) in [6, 6.07) is 19.7. The number of carbonyl (C=O) groups excluding carboxylic acids is 1. The van der Waals surface area contributed by atoms with Gasteiger partial charge in [-0.05, 0) is 61.4 Å². The zero-order valence-electron chi connectivity index (χ0n) is 16.1. The number of ether oxygens (including phenoxy) is 1. The Kier molecular flexibility index (Phi) is 5.27. The number of aromatic nitrogens is 1. The van der Waals surface area contributed by atoms with Gasteiger partial charge in [0.05, 0.1) is 15.9 Å². The SMILES string of the molecule is Cc1cc(C)cc(N(C(=O)COc2ccccc2F)c2nc3ccccc3s2)c1. The molecule has 4 nitrogen and oxygen atoms in total. The van der Waals surface area contributed by atoms with Gasteiger partial charge < -0.3 is 4.74 Å². The van der Waals surface area contributed by atoms with E-state index in [4.69, 9.17) is 4.74 Å². The standard InChI is InChI=1S/C23H19FN2O2S/c1-15-11-16(2)13-17(12-15)26(23-25-19-8-4-6-10-21(19)29-23)22(27)14-28-20-9-5-3-7-18(20)24/h3-13H,14H2,1-2H3. The van der Waals surface area contributed by atoms with Crippen LogP contribution in [0.5, 0.6) is 5.75 Å². The highest BCUT2D eigenvalue weighted by atomic mass is 32.1. The van der Waals surface area contributed by atoms with Crippen molar-refractivity contribution in [3.05, 3.63) is 83.7 Å². The van der Waals surface area contributed by atoms with Crippen LogP contribution in [0.2, 0.25) is 0 Å². The van der Waals surface area contributed by atoms with Crippen molar-refractivity contribution in [3.63, 3.8) is 0 Å². The number of amides is 1. The Labute approximate surface area is 172 Å². The summed E-state index contributed by atoms with van der Waals surface area (Å²) in [4.78, 5) is 19.4. The number of hydrogen-bond acceptors (Lipinski definition) is 4. The van der Waals surface area contributed by atoms with Crippen molar-refractivity contribution in [1.29, 1.82) is 0 Å². The van der Waals surface area contributed by atoms with Crippen molar-refractivity contribution in [2.24, 2.45) is 0 Å². The minimum absolute atomic E-state index is 0.0468. The number of anilines is 2. The van der Waals surface area contributed by atoms with Crippen LogP contribution in [0.1, 0.15) is 11.1 Å². The Morgan fingerprint density at radius 2 is 1.72 bits per heavy atom. The van der Waals surface area contributed by atoms with Gasteiger partial charge in [-0.3, -0.25) is 9.69 Å². The average molecular weight is 406 g/mol. The molecule has 0 atom stereocenters. The van der Waals surface area contributed by atoms with Crippen LogP contribution >= 0.6 is 11.3 Å². The molecule has 146 valence electrons. The molecule has 0 fully saturated rings. The van der Waals surface area contributed by atoms with E-state index in [9.17, 15) is 9.18 Å². The van der Waals surface area contributed by atoms with E-state index in [1.54, 1.807) is 17.0 Å². The molecule has 0 saturated carbocycles. The average Bonchev–Trinajstić information content (AvgIpc) is 3.10. The van der Waals surface area contributed by atoms with Crippen molar-refractivity contribution in [2.75, 3.05) is 11.5 Å². The number of nitrogens with zero attached hydrogens (tertiary/aromatic N) is 2. The van der Waals surface area contributed by atoms with E-state index >= 15 is 0 Å². The Hall–Kier alpha value is -3.25. The maximum absolute atomic E-state index is 13.9. The van der Waals surface area contributed by atoms with Gasteiger partial charge >= 0.3 is 0 Å². The summed E-state index contributed by atoms with van der Waals surface area (Å²) in [7, 11) is 0. The van der Waals surface area contributed by atoms with Crippen LogP contribution in [0.3, 0.4) is 0 Å². The fraction of sp³-hybridized carbons (Fsp3) is 0.130. The first-order valence-electron chi connectivity index (χ1n) is 9.15. The lowest BCUT2D eigenvalue weighted by Gasteiger charge is -2.21. The predicted molar refractivity (Wildman–Crippen MR) is 115 cm³/mol. The van der Waals surface area contributed by atoms with Crippen molar-refractivity contribution < 1.29 is 13.9 Å². The number of benzene rings is 3. The van der Waals surface area contributed by atoms with E-state index in [-0.39, 0.29) is 18.3 Å². The van der Waals surface area contributed by atoms with Crippen LogP contribution in [0, 0.1) is 19.7 Å². The lowest BCUT2D eigenvalue weighted by Crippen LogP contribution is -2.31. The molecule has 0 aliphatic heterocycles. The molecule has 0 aliphatic carbocycles. The van der Waals surface area contributed by atoms with Gasteiger partial charge in [0.15, 0.2) is 23.3 Å². The summed E-state index contributed by atoms with van der Waals surface area (Å²) >= 11 is 1.43. The summed E-state index contributed by atoms with van der Waals surface area (Å²) in [6.45, 7) is 3.66. The number of thiazole rings is 1. The molecule has 4 aromatic rings. The van der Waals surface area contributed by atoms with Crippen LogP contribution in [-0.2, 0) is 4.79 Å². The zero-order valence-corrected chi connectivity index (χ0v) is 16.9. The molecule has 0 spiro atoms. The van der Waals surface area contributed by atoms with Crippen molar-refractivity contribution >= 4 is 38.3 Å². The minimum atomic E-state index is -0.502. The van der Waals surface area contributed by atoms with Crippen LogP contribution in [0.15, 0.2) is 66.7 Å². The number of halogens is 1. The summed E-state index contributed by atoms with van der Waals surface area (Å²) in [6.07, 6.45) is 0. The van der Waals surface area contributed by atoms with E-state index in [0.717, 1.165) is 21.3 Å². The third-order valence-electron chi connectivity index (χ3n) is 4.38. The van der Waals surface area contributed by atoms with Gasteiger partial charge in [0.2, 0.25) is 0 Å². The van der Waals surface area contributed by atoms with Gasteiger partial charge in [0.25, 0.3) is 5.91 Å². The molecule has 0 unspecified atom stereocenters. The molecule has 0 radical (unpaired) electrons. The Balaban J connectivity index is 1.71. The fourth-order valence-electron chi connectivity index (χ4n) is 3.16. The quantitative estimate of drug-likeness (QED) is 0.421. The topological polar surface area (TPSA) is 42.4 Å². The van der Waals surface area contributed by atoms with E-state index in [2.05, 4.69) is 4.98 Å². The predicted octanol–water partition coefficient (Wildman–Crippen LogP) is 5.80. The molecule has 0 aliphatic rings. The van der Waals surface area contributed by atoms with Gasteiger partial charge in [-0.15, -0.1) is 0 Å². The van der Waals surface area contributed by atoms with E-state index in [1.807, 2.05) is 56.3 Å². The second-order valence-corrected chi connectivity index (χ2v) is 7.77. The smallest absolute Gasteiger partial charge is 0.271 e. The molecule has 1 amide bonds. The maximum Gasteiger partial charge on any atom is 0.271 e. The van der Waals surface area contributed by atoms with Crippen LogP contribution in [0.4, 0.5) is 15.2 Å². The highest BCUT2D eigenvalue weighted by molar-refractivity contribution is 7.22. The number of carbonyl (C=O) groups is 1. The lowest BCUT2D eigenvalue weighted by atomic mass is 10.1. The second kappa shape index (κ2) is 8.01. The van der Waals surface area contributed by atoms with Crippen molar-refractivity contribution in [3.8, 4) is 5.75 Å². The van der Waals surface area contributed by atoms with E-state index in [0.29, 0.717) is 10.8 Å². The van der Waals surface area contributed by atoms with Gasteiger partial charge in [-0.2, -0.15) is 0 Å². The normalized spacial score (nSPS) is 10.9. The molecule has 29 heavy (non-hydrogen) atoms. The van der Waals surface area contributed by atoms with E-state index < -0.39 is 5.82 Å².